The highest BCUT2D eigenvalue weighted by Gasteiger charge is 2.54. The van der Waals surface area contributed by atoms with E-state index in [0.29, 0.717) is 23.9 Å². The third-order valence-electron chi connectivity index (χ3n) is 6.64. The molecule has 3 aromatic heterocycles. The Hall–Kier alpha value is -3.04. The van der Waals surface area contributed by atoms with Crippen LogP contribution in [0.2, 0.25) is 0 Å². The molecule has 4 aromatic rings. The lowest BCUT2D eigenvalue weighted by molar-refractivity contribution is 0.0684. The van der Waals surface area contributed by atoms with Gasteiger partial charge in [0.05, 0.1) is 22.1 Å². The number of aryl methyl sites for hydroxylation is 1. The molecule has 7 nitrogen and oxygen atoms in total. The fraction of sp³-hybridized carbons (Fsp3) is 0.280. The second-order valence-electron chi connectivity index (χ2n) is 8.86. The largest absolute Gasteiger partial charge is 0.349 e. The van der Waals surface area contributed by atoms with Gasteiger partial charge in [0.1, 0.15) is 17.0 Å². The Bertz CT molecular complexity index is 1410. The number of halogens is 1. The number of hydrogen-bond donors (Lipinski definition) is 1. The van der Waals surface area contributed by atoms with Crippen LogP contribution in [0.4, 0.5) is 0 Å². The normalized spacial score (nSPS) is 21.0. The predicted molar refractivity (Wildman–Crippen MR) is 134 cm³/mol. The fourth-order valence-corrected chi connectivity index (χ4v) is 6.13. The molecular weight excluding hydrogens is 514 g/mol. The number of piperidine rings is 1. The van der Waals surface area contributed by atoms with Gasteiger partial charge in [0.15, 0.2) is 0 Å². The van der Waals surface area contributed by atoms with E-state index in [2.05, 4.69) is 31.2 Å². The van der Waals surface area contributed by atoms with Gasteiger partial charge in [-0.25, -0.2) is 9.97 Å². The van der Waals surface area contributed by atoms with Gasteiger partial charge < -0.3 is 10.2 Å². The first kappa shape index (κ1) is 21.5. The Labute approximate surface area is 209 Å². The van der Waals surface area contributed by atoms with E-state index >= 15 is 0 Å². The Morgan fingerprint density at radius 1 is 1.18 bits per heavy atom. The van der Waals surface area contributed by atoms with Crippen LogP contribution in [0.5, 0.6) is 0 Å². The van der Waals surface area contributed by atoms with Gasteiger partial charge in [-0.05, 0) is 55.5 Å². The number of aromatic nitrogens is 3. The second-order valence-corrected chi connectivity index (χ2v) is 11.0. The molecule has 1 aliphatic carbocycles. The zero-order chi connectivity index (χ0) is 23.4. The monoisotopic (exact) mass is 535 g/mol. The number of imidazole rings is 1. The first-order valence-electron chi connectivity index (χ1n) is 11.3. The van der Waals surface area contributed by atoms with Crippen LogP contribution in [0, 0.1) is 12.8 Å². The molecule has 1 saturated heterocycles. The van der Waals surface area contributed by atoms with Crippen molar-refractivity contribution in [2.45, 2.75) is 31.8 Å². The van der Waals surface area contributed by atoms with E-state index in [4.69, 9.17) is 0 Å². The Balaban J connectivity index is 1.22. The lowest BCUT2D eigenvalue weighted by Gasteiger charge is -2.27. The molecule has 2 amide bonds. The second kappa shape index (κ2) is 8.32. The van der Waals surface area contributed by atoms with Crippen molar-refractivity contribution in [1.29, 1.82) is 0 Å². The van der Waals surface area contributed by atoms with Crippen LogP contribution >= 0.6 is 27.3 Å². The maximum absolute atomic E-state index is 13.8. The number of likely N-dealkylation sites (tertiary alicyclic amines) is 1. The van der Waals surface area contributed by atoms with Gasteiger partial charge in [0.25, 0.3) is 11.8 Å². The summed E-state index contributed by atoms with van der Waals surface area (Å²) >= 11 is 5.02. The summed E-state index contributed by atoms with van der Waals surface area (Å²) in [5.74, 6) is 0.283. The highest BCUT2D eigenvalue weighted by molar-refractivity contribution is 9.10. The molecule has 1 N–H and O–H groups in total. The maximum atomic E-state index is 13.8. The van der Waals surface area contributed by atoms with Gasteiger partial charge in [-0.1, -0.05) is 34.1 Å². The molecule has 9 heteroatoms. The molecule has 2 fully saturated rings. The van der Waals surface area contributed by atoms with Crippen molar-refractivity contribution in [1.82, 2.24) is 24.6 Å². The molecule has 0 radical (unpaired) electrons. The van der Waals surface area contributed by atoms with E-state index < -0.39 is 0 Å². The van der Waals surface area contributed by atoms with Crippen LogP contribution in [0.1, 0.15) is 38.8 Å². The first-order chi connectivity index (χ1) is 16.5. The number of amides is 2. The predicted octanol–water partition coefficient (Wildman–Crippen LogP) is 4.56. The van der Waals surface area contributed by atoms with E-state index in [1.165, 1.54) is 0 Å². The van der Waals surface area contributed by atoms with Crippen molar-refractivity contribution in [3.8, 4) is 10.4 Å². The van der Waals surface area contributed by atoms with Crippen LogP contribution in [-0.4, -0.2) is 49.7 Å². The topological polar surface area (TPSA) is 79.6 Å². The molecule has 0 unspecified atom stereocenters. The van der Waals surface area contributed by atoms with Gasteiger partial charge in [-0.2, -0.15) is 0 Å². The summed E-state index contributed by atoms with van der Waals surface area (Å²) in [5.41, 5.74) is 2.71. The van der Waals surface area contributed by atoms with Gasteiger partial charge in [0.2, 0.25) is 0 Å². The summed E-state index contributed by atoms with van der Waals surface area (Å²) in [5, 5.41) is 3.90. The van der Waals surface area contributed by atoms with Gasteiger partial charge in [-0.15, -0.1) is 11.3 Å². The van der Waals surface area contributed by atoms with Crippen molar-refractivity contribution < 1.29 is 9.59 Å². The van der Waals surface area contributed by atoms with Gasteiger partial charge in [0, 0.05) is 23.3 Å². The standard InChI is InChI=1S/C25H22BrN5O2S/c1-14-29-22(23(34-14)15-5-7-17(26)8-6-15)25(33)31-18(10-16-11-19(16)31)12-28-24(32)20-13-27-21-4-2-3-9-30(20)21/h2-9,13,16,18-19H,10-12H2,1H3,(H,28,32)/t16-,18+,19+/m1/s1. The highest BCUT2D eigenvalue weighted by Crippen LogP contribution is 2.48. The van der Waals surface area contributed by atoms with E-state index in [1.807, 2.05) is 60.5 Å². The number of fused-ring (bicyclic) bond motifs is 2. The third kappa shape index (κ3) is 3.73. The first-order valence-corrected chi connectivity index (χ1v) is 12.9. The Kier molecular flexibility index (Phi) is 5.26. The van der Waals surface area contributed by atoms with Crippen molar-refractivity contribution in [3.05, 3.63) is 75.7 Å². The number of benzene rings is 1. The van der Waals surface area contributed by atoms with Crippen LogP contribution in [0.25, 0.3) is 16.1 Å². The lowest BCUT2D eigenvalue weighted by atomic mass is 10.1. The van der Waals surface area contributed by atoms with Crippen molar-refractivity contribution in [2.24, 2.45) is 5.92 Å². The Morgan fingerprint density at radius 2 is 2.00 bits per heavy atom. The molecule has 172 valence electrons. The molecule has 1 saturated carbocycles. The molecule has 6 rings (SSSR count). The van der Waals surface area contributed by atoms with Crippen molar-refractivity contribution >= 4 is 44.7 Å². The number of hydrogen-bond acceptors (Lipinski definition) is 5. The summed E-state index contributed by atoms with van der Waals surface area (Å²) < 4.78 is 2.76. The van der Waals surface area contributed by atoms with Crippen LogP contribution < -0.4 is 5.32 Å². The zero-order valence-electron chi connectivity index (χ0n) is 18.4. The summed E-state index contributed by atoms with van der Waals surface area (Å²) in [4.78, 5) is 38.4. The van der Waals surface area contributed by atoms with Crippen molar-refractivity contribution in [2.75, 3.05) is 6.54 Å². The van der Waals surface area contributed by atoms with E-state index in [0.717, 1.165) is 38.4 Å². The molecule has 2 aliphatic rings. The van der Waals surface area contributed by atoms with Crippen molar-refractivity contribution in [3.63, 3.8) is 0 Å². The van der Waals surface area contributed by atoms with Gasteiger partial charge >= 0.3 is 0 Å². The quantitative estimate of drug-likeness (QED) is 0.406. The fourth-order valence-electron chi connectivity index (χ4n) is 4.95. The minimum absolute atomic E-state index is 0.0404. The maximum Gasteiger partial charge on any atom is 0.274 e. The smallest absolute Gasteiger partial charge is 0.274 e. The van der Waals surface area contributed by atoms with Crippen LogP contribution in [0.3, 0.4) is 0 Å². The molecule has 1 aromatic carbocycles. The average molecular weight is 536 g/mol. The number of thiazole rings is 1. The molecule has 0 spiro atoms. The molecule has 0 bridgehead atoms. The molecular formula is C25H22BrN5O2S. The Morgan fingerprint density at radius 3 is 2.82 bits per heavy atom. The number of nitrogens with zero attached hydrogens (tertiary/aromatic N) is 4. The number of nitrogens with one attached hydrogen (secondary N) is 1. The van der Waals surface area contributed by atoms with Gasteiger partial charge in [-0.3, -0.25) is 14.0 Å². The number of carbonyl (C=O) groups excluding carboxylic acids is 2. The molecule has 4 heterocycles. The molecule has 3 atom stereocenters. The number of pyridine rings is 1. The van der Waals surface area contributed by atoms with E-state index in [9.17, 15) is 9.59 Å². The zero-order valence-corrected chi connectivity index (χ0v) is 20.8. The molecule has 34 heavy (non-hydrogen) atoms. The highest BCUT2D eigenvalue weighted by atomic mass is 79.9. The molecule has 1 aliphatic heterocycles. The summed E-state index contributed by atoms with van der Waals surface area (Å²) in [7, 11) is 0. The van der Waals surface area contributed by atoms with Crippen LogP contribution in [0.15, 0.2) is 59.3 Å². The summed E-state index contributed by atoms with van der Waals surface area (Å²) in [6, 6.07) is 13.8. The number of carbonyl (C=O) groups is 2. The third-order valence-corrected chi connectivity index (χ3v) is 8.18. The SMILES string of the molecule is Cc1nc(C(=O)N2[C@H](CNC(=O)c3cnc4ccccn34)C[C@@H]3C[C@@H]32)c(-c2ccc(Br)cc2)s1. The minimum atomic E-state index is -0.188. The summed E-state index contributed by atoms with van der Waals surface area (Å²) in [6.45, 7) is 2.34. The summed E-state index contributed by atoms with van der Waals surface area (Å²) in [6.07, 6.45) is 5.34. The van der Waals surface area contributed by atoms with E-state index in [-0.39, 0.29) is 23.9 Å². The lowest BCUT2D eigenvalue weighted by Crippen LogP contribution is -2.45. The minimum Gasteiger partial charge on any atom is -0.349 e. The number of rotatable bonds is 5. The van der Waals surface area contributed by atoms with Crippen LogP contribution in [-0.2, 0) is 0 Å². The van der Waals surface area contributed by atoms with E-state index in [1.54, 1.807) is 21.9 Å². The average Bonchev–Trinajstić information content (AvgIpc) is 3.17.